The lowest BCUT2D eigenvalue weighted by Gasteiger charge is -2.37. The maximum Gasteiger partial charge on any atom is 0.229 e. The van der Waals surface area contributed by atoms with Crippen LogP contribution in [0.25, 0.3) is 44.3 Å². The SMILES string of the molecule is Cc1cc(-c2nn(C(c3ccccc3)(c3ccccc3)c3ccccc3)c3cc(N)c(N)cc23)ccn1.Cc1cc(-c2nn(C(c3ccccc3)(c3ccccc3)c3ccccc3)c3cc4c(cc23)N=C(C(Cl)(Cl)Cl)C4)ccn1. The zero-order valence-electron chi connectivity index (χ0n) is 43.2. The number of halogens is 3. The van der Waals surface area contributed by atoms with Crippen molar-refractivity contribution < 1.29 is 0 Å². The van der Waals surface area contributed by atoms with Gasteiger partial charge in [-0.25, -0.2) is 9.36 Å². The highest BCUT2D eigenvalue weighted by molar-refractivity contribution is 6.77. The Bertz CT molecular complexity index is 3990. The highest BCUT2D eigenvalue weighted by Crippen LogP contribution is 2.48. The molecule has 0 fully saturated rings. The molecule has 12 heteroatoms. The zero-order chi connectivity index (χ0) is 54.3. The first kappa shape index (κ1) is 50.9. The maximum absolute atomic E-state index is 6.41. The Morgan fingerprint density at radius 1 is 0.418 bits per heavy atom. The number of pyridine rings is 2. The van der Waals surface area contributed by atoms with Crippen LogP contribution in [0, 0.1) is 13.8 Å². The maximum atomic E-state index is 6.41. The smallest absolute Gasteiger partial charge is 0.229 e. The molecule has 1 aliphatic heterocycles. The largest absolute Gasteiger partial charge is 0.397 e. The first-order valence-electron chi connectivity index (χ1n) is 25.9. The second-order valence-corrected chi connectivity index (χ2v) is 22.0. The first-order valence-corrected chi connectivity index (χ1v) is 27.1. The number of hydrogen-bond acceptors (Lipinski definition) is 7. The number of alkyl halides is 3. The van der Waals surface area contributed by atoms with Gasteiger partial charge in [-0.3, -0.25) is 15.0 Å². The number of anilines is 2. The van der Waals surface area contributed by atoms with Crippen molar-refractivity contribution in [2.75, 3.05) is 11.5 Å². The molecule has 0 bridgehead atoms. The minimum absolute atomic E-state index is 0.450. The fourth-order valence-electron chi connectivity index (χ4n) is 11.3. The topological polar surface area (TPSA) is 126 Å². The minimum atomic E-state index is -1.58. The van der Waals surface area contributed by atoms with Gasteiger partial charge < -0.3 is 11.5 Å². The van der Waals surface area contributed by atoms with Crippen molar-refractivity contribution in [1.29, 1.82) is 0 Å². The molecule has 0 unspecified atom stereocenters. The van der Waals surface area contributed by atoms with E-state index in [-0.39, 0.29) is 0 Å². The van der Waals surface area contributed by atoms with Crippen LogP contribution in [-0.4, -0.2) is 39.0 Å². The van der Waals surface area contributed by atoms with Crippen LogP contribution >= 0.6 is 34.8 Å². The molecule has 9 nitrogen and oxygen atoms in total. The van der Waals surface area contributed by atoms with Gasteiger partial charge in [0.1, 0.15) is 22.5 Å². The Morgan fingerprint density at radius 2 is 0.759 bits per heavy atom. The molecule has 1 aliphatic rings. The summed E-state index contributed by atoms with van der Waals surface area (Å²) < 4.78 is 2.70. The molecule has 8 aromatic carbocycles. The molecule has 13 rings (SSSR count). The molecule has 79 heavy (non-hydrogen) atoms. The zero-order valence-corrected chi connectivity index (χ0v) is 45.5. The van der Waals surface area contributed by atoms with E-state index in [1.165, 1.54) is 0 Å². The molecule has 0 saturated carbocycles. The molecule has 0 aliphatic carbocycles. The van der Waals surface area contributed by atoms with Crippen molar-refractivity contribution in [3.05, 3.63) is 293 Å². The lowest BCUT2D eigenvalue weighted by Crippen LogP contribution is -2.38. The summed E-state index contributed by atoms with van der Waals surface area (Å²) in [6, 6.07) is 79.3. The van der Waals surface area contributed by atoms with Gasteiger partial charge in [0.05, 0.1) is 33.8 Å². The Morgan fingerprint density at radius 3 is 1.11 bits per heavy atom. The van der Waals surface area contributed by atoms with E-state index in [1.807, 2.05) is 93.0 Å². The summed E-state index contributed by atoms with van der Waals surface area (Å²) in [6.07, 6.45) is 4.08. The Kier molecular flexibility index (Phi) is 13.4. The molecular weight excluding hydrogens is 1040 g/mol. The molecule has 4 N–H and O–H groups in total. The summed E-state index contributed by atoms with van der Waals surface area (Å²) in [5, 5.41) is 12.7. The number of nitrogens with zero attached hydrogens (tertiary/aromatic N) is 7. The van der Waals surface area contributed by atoms with Gasteiger partial charge in [-0.15, -0.1) is 0 Å². The number of nitrogen functional groups attached to an aromatic ring is 2. The molecule has 0 atom stereocenters. The number of aryl methyl sites for hydroxylation is 2. The van der Waals surface area contributed by atoms with Gasteiger partial charge in [0.15, 0.2) is 0 Å². The van der Waals surface area contributed by atoms with Gasteiger partial charge in [0, 0.05) is 52.1 Å². The Hall–Kier alpha value is -8.86. The van der Waals surface area contributed by atoms with E-state index in [0.29, 0.717) is 23.5 Å². The third-order valence-corrected chi connectivity index (χ3v) is 15.5. The molecule has 4 aromatic heterocycles. The summed E-state index contributed by atoms with van der Waals surface area (Å²) >= 11 is 18.9. The molecule has 5 heterocycles. The predicted octanol–water partition coefficient (Wildman–Crippen LogP) is 15.7. The monoisotopic (exact) mass is 1090 g/mol. The van der Waals surface area contributed by atoms with Crippen LogP contribution in [-0.2, 0) is 17.5 Å². The summed E-state index contributed by atoms with van der Waals surface area (Å²) in [4.78, 5) is 13.6. The van der Waals surface area contributed by atoms with Crippen LogP contribution < -0.4 is 11.5 Å². The average Bonchev–Trinajstić information content (AvgIpc) is 4.42. The summed E-state index contributed by atoms with van der Waals surface area (Å²) in [7, 11) is 0. The van der Waals surface area contributed by atoms with E-state index in [9.17, 15) is 0 Å². The number of nitrogens with two attached hydrogens (primary N) is 2. The normalized spacial score (nSPS) is 12.5. The van der Waals surface area contributed by atoms with E-state index >= 15 is 0 Å². The molecule has 0 spiro atoms. The standard InChI is InChI=1S/C35H25Cl3N4.C32H27N5/c1-23-19-24(17-18-39-23)33-29-22-30-25(21-32(40-30)35(36,37)38)20-31(29)42(41-33)34(26-11-5-2-6-12-26,27-13-7-3-8-14-27)28-15-9-4-10-16-28;1-22-19-23(17-18-35-22)31-27-20-28(33)29(34)21-30(27)37(36-31)32(24-11-5-2-6-12-24,25-13-7-3-8-14-25)26-15-9-4-10-16-26/h2-20,22H,21H2,1H3;2-21H,33-34H2,1H3. The number of aromatic nitrogens is 6. The van der Waals surface area contributed by atoms with Crippen molar-refractivity contribution >= 4 is 79.4 Å². The third-order valence-electron chi connectivity index (χ3n) is 14.8. The average molecular weight is 1090 g/mol. The van der Waals surface area contributed by atoms with E-state index in [4.69, 9.17) is 61.5 Å². The number of fused-ring (bicyclic) bond motifs is 3. The Labute approximate surface area is 473 Å². The van der Waals surface area contributed by atoms with E-state index in [2.05, 4.69) is 183 Å². The molecule has 386 valence electrons. The number of hydrogen-bond donors (Lipinski definition) is 2. The van der Waals surface area contributed by atoms with Crippen molar-refractivity contribution in [2.24, 2.45) is 4.99 Å². The van der Waals surface area contributed by atoms with Gasteiger partial charge in [-0.05, 0) is 101 Å². The van der Waals surface area contributed by atoms with Crippen molar-refractivity contribution in [1.82, 2.24) is 29.5 Å². The molecule has 0 amide bonds. The fourth-order valence-corrected chi connectivity index (χ4v) is 11.6. The third kappa shape index (κ3) is 9.09. The lowest BCUT2D eigenvalue weighted by molar-refractivity contribution is 0.477. The highest BCUT2D eigenvalue weighted by Gasteiger charge is 2.43. The number of rotatable bonds is 10. The summed E-state index contributed by atoms with van der Waals surface area (Å²) in [6.45, 7) is 3.97. The van der Waals surface area contributed by atoms with Gasteiger partial charge >= 0.3 is 0 Å². The Balaban J connectivity index is 0.000000159. The fraction of sp³-hybridized carbons (Fsp3) is 0.0896. The van der Waals surface area contributed by atoms with Gasteiger partial charge in [-0.2, -0.15) is 10.2 Å². The second kappa shape index (κ2) is 20.8. The van der Waals surface area contributed by atoms with Crippen LogP contribution in [0.1, 0.15) is 50.3 Å². The molecule has 0 saturated heterocycles. The van der Waals surface area contributed by atoms with E-state index in [0.717, 1.165) is 100 Å². The van der Waals surface area contributed by atoms with Gasteiger partial charge in [0.2, 0.25) is 3.79 Å². The van der Waals surface area contributed by atoms with Crippen molar-refractivity contribution in [2.45, 2.75) is 35.1 Å². The lowest BCUT2D eigenvalue weighted by atomic mass is 9.77. The van der Waals surface area contributed by atoms with E-state index in [1.54, 1.807) is 0 Å². The molecule has 12 aromatic rings. The van der Waals surface area contributed by atoms with Crippen LogP contribution in [0.3, 0.4) is 0 Å². The van der Waals surface area contributed by atoms with Crippen LogP contribution in [0.5, 0.6) is 0 Å². The molecule has 0 radical (unpaired) electrons. The number of aliphatic imine (C=N–C) groups is 1. The quantitative estimate of drug-likeness (QED) is 0.0798. The van der Waals surface area contributed by atoms with Crippen LogP contribution in [0.4, 0.5) is 17.1 Å². The second-order valence-electron chi connectivity index (χ2n) is 19.7. The summed E-state index contributed by atoms with van der Waals surface area (Å²) in [5.41, 5.74) is 28.3. The van der Waals surface area contributed by atoms with Crippen LogP contribution in [0.2, 0.25) is 0 Å². The number of benzene rings is 8. The van der Waals surface area contributed by atoms with Crippen molar-refractivity contribution in [3.8, 4) is 22.5 Å². The molecular formula is C67H52Cl3N9. The first-order chi connectivity index (χ1) is 38.4. The van der Waals surface area contributed by atoms with Gasteiger partial charge in [0.25, 0.3) is 0 Å². The predicted molar refractivity (Wildman–Crippen MR) is 325 cm³/mol. The summed E-state index contributed by atoms with van der Waals surface area (Å²) in [5.74, 6) is 0. The van der Waals surface area contributed by atoms with E-state index < -0.39 is 14.9 Å². The minimum Gasteiger partial charge on any atom is -0.397 e. The van der Waals surface area contributed by atoms with Crippen molar-refractivity contribution in [3.63, 3.8) is 0 Å². The van der Waals surface area contributed by atoms with Crippen LogP contribution in [0.15, 0.2) is 248 Å². The van der Waals surface area contributed by atoms with Gasteiger partial charge in [-0.1, -0.05) is 217 Å². The highest BCUT2D eigenvalue weighted by atomic mass is 35.6.